The van der Waals surface area contributed by atoms with Gasteiger partial charge in [0, 0.05) is 11.8 Å². The number of hydrogen-bond acceptors (Lipinski definition) is 3. The van der Waals surface area contributed by atoms with Crippen molar-refractivity contribution in [3.05, 3.63) is 17.0 Å². The molecule has 1 fully saturated rings. The van der Waals surface area contributed by atoms with E-state index in [9.17, 15) is 9.90 Å². The lowest BCUT2D eigenvalue weighted by atomic mass is 9.96. The van der Waals surface area contributed by atoms with Gasteiger partial charge in [0.05, 0.1) is 0 Å². The second-order valence-electron chi connectivity index (χ2n) is 4.75. The minimum Gasteiger partial charge on any atom is -0.477 e. The summed E-state index contributed by atoms with van der Waals surface area (Å²) in [6, 6.07) is 0. The number of hydrogen-bond donors (Lipinski definition) is 1. The van der Waals surface area contributed by atoms with E-state index in [-0.39, 0.29) is 11.8 Å². The maximum absolute atomic E-state index is 11.3. The van der Waals surface area contributed by atoms with Crippen molar-refractivity contribution in [2.75, 3.05) is 0 Å². The van der Waals surface area contributed by atoms with Gasteiger partial charge < -0.3 is 9.63 Å². The molecule has 0 aromatic carbocycles. The molecule has 0 spiro atoms. The Hall–Kier alpha value is -1.32. The summed E-state index contributed by atoms with van der Waals surface area (Å²) in [7, 11) is 0. The summed E-state index contributed by atoms with van der Waals surface area (Å²) in [5.41, 5.74) is 0.968. The predicted octanol–water partition coefficient (Wildman–Crippen LogP) is 3.15. The van der Waals surface area contributed by atoms with Crippen LogP contribution in [0.5, 0.6) is 0 Å². The zero-order chi connectivity index (χ0) is 11.7. The fraction of sp³-hybridized carbons (Fsp3) is 0.667. The van der Waals surface area contributed by atoms with Gasteiger partial charge in [-0.15, -0.1) is 0 Å². The Morgan fingerprint density at radius 2 is 2.06 bits per heavy atom. The fourth-order valence-corrected chi connectivity index (χ4v) is 2.40. The van der Waals surface area contributed by atoms with Crippen molar-refractivity contribution in [1.82, 2.24) is 5.16 Å². The molecule has 0 aliphatic heterocycles. The van der Waals surface area contributed by atoms with Gasteiger partial charge in [0.15, 0.2) is 5.76 Å². The maximum Gasteiger partial charge on any atom is 0.341 e. The van der Waals surface area contributed by atoms with Crippen LogP contribution in [0, 0.1) is 0 Å². The second kappa shape index (κ2) is 4.28. The van der Waals surface area contributed by atoms with Gasteiger partial charge in [0.1, 0.15) is 11.3 Å². The monoisotopic (exact) mass is 223 g/mol. The highest BCUT2D eigenvalue weighted by molar-refractivity contribution is 5.90. The van der Waals surface area contributed by atoms with Gasteiger partial charge in [-0.25, -0.2) is 4.79 Å². The van der Waals surface area contributed by atoms with E-state index in [0.29, 0.717) is 17.0 Å². The molecule has 0 bridgehead atoms. The first-order valence-electron chi connectivity index (χ1n) is 5.84. The number of aromatic carboxylic acids is 1. The van der Waals surface area contributed by atoms with Crippen LogP contribution in [-0.2, 0) is 0 Å². The SMILES string of the molecule is CC(C)c1onc(C2CCCC2)c1C(=O)O. The van der Waals surface area contributed by atoms with E-state index in [1.54, 1.807) is 0 Å². The van der Waals surface area contributed by atoms with Gasteiger partial charge in [-0.2, -0.15) is 0 Å². The van der Waals surface area contributed by atoms with Crippen LogP contribution in [0.4, 0.5) is 0 Å². The molecule has 0 radical (unpaired) electrons. The molecule has 0 unspecified atom stereocenters. The van der Waals surface area contributed by atoms with Gasteiger partial charge in [0.25, 0.3) is 0 Å². The number of carboxylic acids is 1. The summed E-state index contributed by atoms with van der Waals surface area (Å²) in [6.07, 6.45) is 4.38. The first-order valence-corrected chi connectivity index (χ1v) is 5.84. The average Bonchev–Trinajstić information content (AvgIpc) is 2.85. The molecule has 2 rings (SSSR count). The second-order valence-corrected chi connectivity index (χ2v) is 4.75. The van der Waals surface area contributed by atoms with Crippen molar-refractivity contribution >= 4 is 5.97 Å². The van der Waals surface area contributed by atoms with Gasteiger partial charge in [0.2, 0.25) is 0 Å². The molecule has 4 nitrogen and oxygen atoms in total. The van der Waals surface area contributed by atoms with Gasteiger partial charge in [-0.05, 0) is 12.8 Å². The molecular weight excluding hydrogens is 206 g/mol. The minimum atomic E-state index is -0.910. The van der Waals surface area contributed by atoms with E-state index in [1.807, 2.05) is 13.8 Å². The zero-order valence-corrected chi connectivity index (χ0v) is 9.69. The summed E-state index contributed by atoms with van der Waals surface area (Å²) >= 11 is 0. The molecule has 1 N–H and O–H groups in total. The highest BCUT2D eigenvalue weighted by Crippen LogP contribution is 2.37. The number of rotatable bonds is 3. The Bertz CT molecular complexity index is 389. The third kappa shape index (κ3) is 1.84. The van der Waals surface area contributed by atoms with Crippen molar-refractivity contribution in [3.63, 3.8) is 0 Å². The van der Waals surface area contributed by atoms with Crippen LogP contribution in [-0.4, -0.2) is 16.2 Å². The Labute approximate surface area is 94.6 Å². The lowest BCUT2D eigenvalue weighted by Crippen LogP contribution is -2.06. The van der Waals surface area contributed by atoms with Crippen LogP contribution in [0.2, 0.25) is 0 Å². The molecule has 0 saturated heterocycles. The Morgan fingerprint density at radius 1 is 1.44 bits per heavy atom. The molecule has 16 heavy (non-hydrogen) atoms. The van der Waals surface area contributed by atoms with Crippen LogP contribution in [0.3, 0.4) is 0 Å². The van der Waals surface area contributed by atoms with Crippen molar-refractivity contribution in [2.45, 2.75) is 51.4 Å². The molecule has 1 aliphatic carbocycles. The van der Waals surface area contributed by atoms with Crippen LogP contribution >= 0.6 is 0 Å². The maximum atomic E-state index is 11.3. The van der Waals surface area contributed by atoms with Crippen molar-refractivity contribution in [1.29, 1.82) is 0 Å². The van der Waals surface area contributed by atoms with E-state index in [4.69, 9.17) is 4.52 Å². The molecule has 4 heteroatoms. The van der Waals surface area contributed by atoms with Gasteiger partial charge in [-0.3, -0.25) is 0 Å². The van der Waals surface area contributed by atoms with E-state index in [1.165, 1.54) is 0 Å². The van der Waals surface area contributed by atoms with E-state index >= 15 is 0 Å². The molecule has 1 aromatic rings. The topological polar surface area (TPSA) is 63.3 Å². The number of carboxylic acid groups (broad SMARTS) is 1. The highest BCUT2D eigenvalue weighted by atomic mass is 16.5. The highest BCUT2D eigenvalue weighted by Gasteiger charge is 2.30. The van der Waals surface area contributed by atoms with E-state index < -0.39 is 5.97 Å². The summed E-state index contributed by atoms with van der Waals surface area (Å²) < 4.78 is 5.20. The van der Waals surface area contributed by atoms with Crippen molar-refractivity contribution in [2.24, 2.45) is 0 Å². The van der Waals surface area contributed by atoms with Gasteiger partial charge >= 0.3 is 5.97 Å². The Morgan fingerprint density at radius 3 is 2.56 bits per heavy atom. The first kappa shape index (κ1) is 11.2. The lowest BCUT2D eigenvalue weighted by Gasteiger charge is -2.06. The summed E-state index contributed by atoms with van der Waals surface area (Å²) in [6.45, 7) is 3.84. The fourth-order valence-electron chi connectivity index (χ4n) is 2.40. The minimum absolute atomic E-state index is 0.0637. The average molecular weight is 223 g/mol. The molecule has 1 aliphatic rings. The summed E-state index contributed by atoms with van der Waals surface area (Å²) in [5.74, 6) is -0.0580. The summed E-state index contributed by atoms with van der Waals surface area (Å²) in [5, 5.41) is 13.2. The number of carbonyl (C=O) groups is 1. The largest absolute Gasteiger partial charge is 0.477 e. The number of nitrogens with zero attached hydrogens (tertiary/aromatic N) is 1. The van der Waals surface area contributed by atoms with Crippen LogP contribution in [0.15, 0.2) is 4.52 Å². The van der Waals surface area contributed by atoms with Crippen LogP contribution in [0.1, 0.15) is 73.2 Å². The molecule has 1 heterocycles. The Balaban J connectivity index is 2.41. The third-order valence-electron chi connectivity index (χ3n) is 3.22. The van der Waals surface area contributed by atoms with Crippen LogP contribution in [0.25, 0.3) is 0 Å². The zero-order valence-electron chi connectivity index (χ0n) is 9.69. The van der Waals surface area contributed by atoms with E-state index in [0.717, 1.165) is 25.7 Å². The van der Waals surface area contributed by atoms with Crippen molar-refractivity contribution < 1.29 is 14.4 Å². The molecule has 0 atom stereocenters. The smallest absolute Gasteiger partial charge is 0.341 e. The first-order chi connectivity index (χ1) is 7.61. The molecule has 1 saturated carbocycles. The van der Waals surface area contributed by atoms with Crippen molar-refractivity contribution in [3.8, 4) is 0 Å². The standard InChI is InChI=1S/C12H17NO3/c1-7(2)11-9(12(14)15)10(13-16-11)8-5-3-4-6-8/h7-8H,3-6H2,1-2H3,(H,14,15). The molecule has 1 aromatic heterocycles. The molecule has 88 valence electrons. The third-order valence-corrected chi connectivity index (χ3v) is 3.22. The Kier molecular flexibility index (Phi) is 2.99. The quantitative estimate of drug-likeness (QED) is 0.854. The number of aromatic nitrogens is 1. The molecular formula is C12H17NO3. The lowest BCUT2D eigenvalue weighted by molar-refractivity contribution is 0.0692. The van der Waals surface area contributed by atoms with Gasteiger partial charge in [-0.1, -0.05) is 31.8 Å². The predicted molar refractivity (Wildman–Crippen MR) is 58.8 cm³/mol. The normalized spacial score (nSPS) is 17.2. The van der Waals surface area contributed by atoms with E-state index in [2.05, 4.69) is 5.16 Å². The summed E-state index contributed by atoms with van der Waals surface area (Å²) in [4.78, 5) is 11.3. The van der Waals surface area contributed by atoms with Crippen LogP contribution < -0.4 is 0 Å². The molecule has 0 amide bonds.